The van der Waals surface area contributed by atoms with Gasteiger partial charge >= 0.3 is 0 Å². The van der Waals surface area contributed by atoms with Crippen molar-refractivity contribution >= 4 is 18.2 Å². The largest absolute Gasteiger partial charge is 0.399 e. The van der Waals surface area contributed by atoms with Gasteiger partial charge in [0.25, 0.3) is 0 Å². The predicted octanol–water partition coefficient (Wildman–Crippen LogP) is 6.28. The molecular weight excluding hydrogens is 488 g/mol. The van der Waals surface area contributed by atoms with E-state index in [0.717, 1.165) is 16.7 Å². The van der Waals surface area contributed by atoms with E-state index < -0.39 is 35.3 Å². The summed E-state index contributed by atoms with van der Waals surface area (Å²) in [7, 11) is -6.10. The second kappa shape index (κ2) is 11.0. The highest BCUT2D eigenvalue weighted by Crippen LogP contribution is 2.46. The van der Waals surface area contributed by atoms with Gasteiger partial charge in [-0.2, -0.15) is 0 Å². The summed E-state index contributed by atoms with van der Waals surface area (Å²) >= 11 is 0. The van der Waals surface area contributed by atoms with Crippen LogP contribution in [0.25, 0.3) is 0 Å². The first-order valence-electron chi connectivity index (χ1n) is 12.4. The van der Waals surface area contributed by atoms with E-state index in [1.54, 1.807) is 12.1 Å². The maximum absolute atomic E-state index is 14.2. The summed E-state index contributed by atoms with van der Waals surface area (Å²) in [5, 5.41) is 0. The topological polar surface area (TPSA) is 61.8 Å². The van der Waals surface area contributed by atoms with E-state index in [4.69, 9.17) is 13.9 Å². The number of hydrogen-bond acceptors (Lipinski definition) is 5. The van der Waals surface area contributed by atoms with Gasteiger partial charge in [0.15, 0.2) is 13.3 Å². The van der Waals surface area contributed by atoms with Crippen LogP contribution in [0.5, 0.6) is 0 Å². The average molecular weight is 525 g/mol. The van der Waals surface area contributed by atoms with Crippen molar-refractivity contribution in [1.29, 1.82) is 0 Å². The second-order valence-electron chi connectivity index (χ2n) is 10.5. The third-order valence-corrected chi connectivity index (χ3v) is 9.81. The normalized spacial score (nSPS) is 19.9. The number of rotatable bonds is 10. The summed E-state index contributed by atoms with van der Waals surface area (Å²) in [6, 6.07) is 26.8. The molecular formula is C29H36O5SSi. The minimum Gasteiger partial charge on any atom is -0.399 e. The number of sulfone groups is 1. The molecule has 0 aliphatic heterocycles. The molecule has 3 aromatic carbocycles. The van der Waals surface area contributed by atoms with Crippen molar-refractivity contribution in [2.24, 2.45) is 0 Å². The number of aryl methyl sites for hydroxylation is 1. The number of ether oxygens (including phenoxy) is 2. The Morgan fingerprint density at radius 1 is 0.750 bits per heavy atom. The summed E-state index contributed by atoms with van der Waals surface area (Å²) in [5.41, 5.74) is 3.07. The quantitative estimate of drug-likeness (QED) is 0.292. The van der Waals surface area contributed by atoms with E-state index in [0.29, 0.717) is 13.2 Å². The van der Waals surface area contributed by atoms with Gasteiger partial charge in [-0.25, -0.2) is 8.42 Å². The van der Waals surface area contributed by atoms with Crippen LogP contribution in [0.1, 0.15) is 29.5 Å². The zero-order valence-corrected chi connectivity index (χ0v) is 23.3. The van der Waals surface area contributed by atoms with Crippen LogP contribution < -0.4 is 0 Å². The highest BCUT2D eigenvalue weighted by Gasteiger charge is 2.57. The fourth-order valence-electron chi connectivity index (χ4n) is 4.69. The molecule has 4 rings (SSSR count). The SMILES string of the molecule is Cc1ccc(S(=O)(=O)C2(O[Si](C)(C)C)C[C@@H](OCc3ccccc3)[C@H](OCc3ccccc3)C2)cc1. The molecule has 0 heterocycles. The molecule has 1 fully saturated rings. The van der Waals surface area contributed by atoms with Crippen LogP contribution in [-0.4, -0.2) is 33.9 Å². The summed E-state index contributed by atoms with van der Waals surface area (Å²) in [6.45, 7) is 8.78. The zero-order valence-electron chi connectivity index (χ0n) is 21.5. The molecule has 0 spiro atoms. The Balaban J connectivity index is 1.67. The van der Waals surface area contributed by atoms with Gasteiger partial charge in [0.1, 0.15) is 0 Å². The van der Waals surface area contributed by atoms with Gasteiger partial charge in [-0.05, 0) is 49.8 Å². The smallest absolute Gasteiger partial charge is 0.207 e. The zero-order chi connectivity index (χ0) is 25.8. The van der Waals surface area contributed by atoms with E-state index in [2.05, 4.69) is 0 Å². The van der Waals surface area contributed by atoms with Gasteiger partial charge in [-0.1, -0.05) is 78.4 Å². The first-order valence-corrected chi connectivity index (χ1v) is 17.3. The van der Waals surface area contributed by atoms with Crippen molar-refractivity contribution in [3.63, 3.8) is 0 Å². The highest BCUT2D eigenvalue weighted by atomic mass is 32.2. The molecule has 0 amide bonds. The lowest BCUT2D eigenvalue weighted by Crippen LogP contribution is -2.47. The minimum absolute atomic E-state index is 0.222. The summed E-state index contributed by atoms with van der Waals surface area (Å²) in [5.74, 6) is 0. The van der Waals surface area contributed by atoms with Crippen LogP contribution in [0.4, 0.5) is 0 Å². The number of hydrogen-bond donors (Lipinski definition) is 0. The summed E-state index contributed by atoms with van der Waals surface area (Å²) < 4.78 is 47.6. The van der Waals surface area contributed by atoms with Crippen molar-refractivity contribution < 1.29 is 22.3 Å². The lowest BCUT2D eigenvalue weighted by Gasteiger charge is -2.35. The molecule has 0 radical (unpaired) electrons. The standard InChI is InChI=1S/C29H36O5SSi/c1-23-15-17-26(18-16-23)35(30,31)29(34-36(2,3)4)19-27(32-21-24-11-7-5-8-12-24)28(20-29)33-22-25-13-9-6-10-14-25/h5-18,27-28H,19-22H2,1-4H3/t27-,28-/m1/s1. The molecule has 0 saturated heterocycles. The van der Waals surface area contributed by atoms with Gasteiger partial charge in [0, 0.05) is 12.8 Å². The molecule has 3 aromatic rings. The first-order chi connectivity index (χ1) is 17.1. The van der Waals surface area contributed by atoms with Crippen LogP contribution >= 0.6 is 0 Å². The Morgan fingerprint density at radius 2 is 1.19 bits per heavy atom. The Bertz CT molecular complexity index is 1170. The molecule has 5 nitrogen and oxygen atoms in total. The Kier molecular flexibility index (Phi) is 8.17. The van der Waals surface area contributed by atoms with Crippen molar-refractivity contribution in [2.45, 2.75) is 74.7 Å². The minimum atomic E-state index is -3.83. The average Bonchev–Trinajstić information content (AvgIpc) is 3.20. The third kappa shape index (κ3) is 6.33. The third-order valence-electron chi connectivity index (χ3n) is 6.37. The van der Waals surface area contributed by atoms with Crippen LogP contribution in [-0.2, 0) is 37.0 Å². The van der Waals surface area contributed by atoms with Crippen molar-refractivity contribution in [3.8, 4) is 0 Å². The van der Waals surface area contributed by atoms with E-state index >= 15 is 0 Å². The molecule has 7 heteroatoms. The van der Waals surface area contributed by atoms with E-state index in [9.17, 15) is 8.42 Å². The first kappa shape index (κ1) is 26.8. The van der Waals surface area contributed by atoms with Crippen molar-refractivity contribution in [2.75, 3.05) is 0 Å². The fraction of sp³-hybridized carbons (Fsp3) is 0.379. The molecule has 0 aromatic heterocycles. The molecule has 0 N–H and O–H groups in total. The van der Waals surface area contributed by atoms with Gasteiger partial charge in [-0.3, -0.25) is 0 Å². The van der Waals surface area contributed by atoms with Crippen LogP contribution in [0.15, 0.2) is 89.8 Å². The lowest BCUT2D eigenvalue weighted by molar-refractivity contribution is -0.0686. The molecule has 1 saturated carbocycles. The van der Waals surface area contributed by atoms with Gasteiger partial charge in [0.2, 0.25) is 9.84 Å². The van der Waals surface area contributed by atoms with Crippen LogP contribution in [0, 0.1) is 6.92 Å². The number of benzene rings is 3. The molecule has 0 unspecified atom stereocenters. The Morgan fingerprint density at radius 3 is 1.61 bits per heavy atom. The van der Waals surface area contributed by atoms with E-state index in [1.165, 1.54) is 0 Å². The predicted molar refractivity (Wildman–Crippen MR) is 145 cm³/mol. The van der Waals surface area contributed by atoms with E-state index in [-0.39, 0.29) is 17.7 Å². The molecule has 0 bridgehead atoms. The molecule has 2 atom stereocenters. The Hall–Kier alpha value is -2.29. The highest BCUT2D eigenvalue weighted by molar-refractivity contribution is 7.92. The fourth-order valence-corrected chi connectivity index (χ4v) is 8.86. The maximum Gasteiger partial charge on any atom is 0.207 e. The maximum atomic E-state index is 14.2. The molecule has 1 aliphatic carbocycles. The monoisotopic (exact) mass is 524 g/mol. The molecule has 1 aliphatic rings. The van der Waals surface area contributed by atoms with Gasteiger partial charge in [-0.15, -0.1) is 0 Å². The lowest BCUT2D eigenvalue weighted by atomic mass is 10.2. The molecule has 192 valence electrons. The van der Waals surface area contributed by atoms with Crippen LogP contribution in [0.3, 0.4) is 0 Å². The van der Waals surface area contributed by atoms with Crippen LogP contribution in [0.2, 0.25) is 19.6 Å². The van der Waals surface area contributed by atoms with Gasteiger partial charge < -0.3 is 13.9 Å². The van der Waals surface area contributed by atoms with Crippen molar-refractivity contribution in [3.05, 3.63) is 102 Å². The second-order valence-corrected chi connectivity index (χ2v) is 17.2. The van der Waals surface area contributed by atoms with Crippen molar-refractivity contribution in [1.82, 2.24) is 0 Å². The summed E-state index contributed by atoms with van der Waals surface area (Å²) in [4.78, 5) is -1.13. The molecule has 36 heavy (non-hydrogen) atoms. The van der Waals surface area contributed by atoms with Gasteiger partial charge in [0.05, 0.1) is 30.3 Å². The van der Waals surface area contributed by atoms with E-state index in [1.807, 2.05) is 99.4 Å². The Labute approximate surface area is 216 Å². The summed E-state index contributed by atoms with van der Waals surface area (Å²) in [6.07, 6.45) is -0.407.